The summed E-state index contributed by atoms with van der Waals surface area (Å²) in [5.74, 6) is -1.84. The zero-order chi connectivity index (χ0) is 17.9. The molecule has 1 atom stereocenters. The van der Waals surface area contributed by atoms with E-state index in [1.165, 1.54) is 30.4 Å². The van der Waals surface area contributed by atoms with Crippen molar-refractivity contribution in [2.75, 3.05) is 5.32 Å². The van der Waals surface area contributed by atoms with Crippen molar-refractivity contribution >= 4 is 40.5 Å². The highest BCUT2D eigenvalue weighted by Crippen LogP contribution is 2.23. The lowest BCUT2D eigenvalue weighted by Gasteiger charge is -2.13. The highest BCUT2D eigenvalue weighted by Gasteiger charge is 2.21. The Morgan fingerprint density at radius 1 is 1.38 bits per heavy atom. The van der Waals surface area contributed by atoms with Crippen LogP contribution in [0.25, 0.3) is 0 Å². The monoisotopic (exact) mass is 369 g/mol. The summed E-state index contributed by atoms with van der Waals surface area (Å²) in [6.45, 7) is 5.36. The Morgan fingerprint density at radius 2 is 2.08 bits per heavy atom. The van der Waals surface area contributed by atoms with Gasteiger partial charge in [0, 0.05) is 9.90 Å². The molecule has 1 heterocycles. The Labute approximate surface area is 148 Å². The molecule has 24 heavy (non-hydrogen) atoms. The zero-order valence-electron chi connectivity index (χ0n) is 13.5. The second-order valence-electron chi connectivity index (χ2n) is 5.21. The third-order valence-electron chi connectivity index (χ3n) is 3.44. The van der Waals surface area contributed by atoms with E-state index in [9.17, 15) is 14.0 Å². The predicted molar refractivity (Wildman–Crippen MR) is 93.4 cm³/mol. The molecule has 2 aromatic rings. The third-order valence-corrected chi connectivity index (χ3v) is 4.75. The van der Waals surface area contributed by atoms with Gasteiger partial charge in [0.2, 0.25) is 0 Å². The van der Waals surface area contributed by atoms with Crippen LogP contribution in [0.1, 0.15) is 34.0 Å². The highest BCUT2D eigenvalue weighted by atomic mass is 35.5. The summed E-state index contributed by atoms with van der Waals surface area (Å²) in [7, 11) is 0. The van der Waals surface area contributed by atoms with E-state index in [1.807, 2.05) is 13.8 Å². The molecule has 2 rings (SSSR count). The third kappa shape index (κ3) is 4.33. The molecule has 0 aliphatic rings. The first-order valence-corrected chi connectivity index (χ1v) is 8.57. The summed E-state index contributed by atoms with van der Waals surface area (Å²) in [6.07, 6.45) is -0.235. The van der Waals surface area contributed by atoms with Crippen LogP contribution in [0.5, 0.6) is 0 Å². The van der Waals surface area contributed by atoms with Gasteiger partial charge in [-0.05, 0) is 50.1 Å². The molecule has 0 saturated carbocycles. The summed E-state index contributed by atoms with van der Waals surface area (Å²) in [5, 5.41) is 2.60. The topological polar surface area (TPSA) is 55.4 Å². The van der Waals surface area contributed by atoms with Gasteiger partial charge in [0.1, 0.15) is 10.7 Å². The first-order chi connectivity index (χ1) is 11.3. The number of carbonyl (C=O) groups excluding carboxylic acids is 2. The SMILES string of the molecule is CCc1cc(C(=O)O[C@@H](C)C(=O)Nc2ccc(Cl)cc2F)sc1C. The Morgan fingerprint density at radius 3 is 2.67 bits per heavy atom. The molecule has 0 radical (unpaired) electrons. The summed E-state index contributed by atoms with van der Waals surface area (Å²) in [5.41, 5.74) is 1.06. The molecule has 0 aliphatic carbocycles. The summed E-state index contributed by atoms with van der Waals surface area (Å²) in [6, 6.07) is 5.66. The van der Waals surface area contributed by atoms with Gasteiger partial charge in [0.15, 0.2) is 6.10 Å². The van der Waals surface area contributed by atoms with Crippen LogP contribution in [0.15, 0.2) is 24.3 Å². The van der Waals surface area contributed by atoms with Gasteiger partial charge in [-0.2, -0.15) is 0 Å². The van der Waals surface area contributed by atoms with Crippen molar-refractivity contribution in [3.05, 3.63) is 50.4 Å². The average molecular weight is 370 g/mol. The molecular weight excluding hydrogens is 353 g/mol. The Bertz CT molecular complexity index is 775. The summed E-state index contributed by atoms with van der Waals surface area (Å²) < 4.78 is 18.8. The first-order valence-electron chi connectivity index (χ1n) is 7.38. The number of amides is 1. The van der Waals surface area contributed by atoms with E-state index in [-0.39, 0.29) is 10.7 Å². The van der Waals surface area contributed by atoms with Crippen LogP contribution in [0.2, 0.25) is 5.02 Å². The Hall–Kier alpha value is -1.92. The minimum Gasteiger partial charge on any atom is -0.448 e. The fourth-order valence-electron chi connectivity index (χ4n) is 2.07. The number of ether oxygens (including phenoxy) is 1. The molecular formula is C17H17ClFNO3S. The number of aryl methyl sites for hydroxylation is 2. The predicted octanol–water partition coefficient (Wildman–Crippen LogP) is 4.60. The average Bonchev–Trinajstić information content (AvgIpc) is 2.91. The lowest BCUT2D eigenvalue weighted by molar-refractivity contribution is -0.123. The van der Waals surface area contributed by atoms with E-state index < -0.39 is 23.8 Å². The standard InChI is InChI=1S/C17H17ClFNO3S/c1-4-11-7-15(24-10(11)3)17(22)23-9(2)16(21)20-14-6-5-12(18)8-13(14)19/h5-9H,4H2,1-3H3,(H,20,21)/t9-/m0/s1. The van der Waals surface area contributed by atoms with Gasteiger partial charge in [0.25, 0.3) is 5.91 Å². The normalized spacial score (nSPS) is 11.9. The number of rotatable bonds is 5. The highest BCUT2D eigenvalue weighted by molar-refractivity contribution is 7.14. The largest absolute Gasteiger partial charge is 0.448 e. The van der Waals surface area contributed by atoms with E-state index in [0.717, 1.165) is 22.9 Å². The number of carbonyl (C=O) groups is 2. The van der Waals surface area contributed by atoms with Crippen molar-refractivity contribution in [3.8, 4) is 0 Å². The van der Waals surface area contributed by atoms with Crippen LogP contribution in [0.3, 0.4) is 0 Å². The molecule has 1 amide bonds. The number of benzene rings is 1. The van der Waals surface area contributed by atoms with Crippen molar-refractivity contribution in [3.63, 3.8) is 0 Å². The quantitative estimate of drug-likeness (QED) is 0.784. The maximum atomic E-state index is 13.7. The van der Waals surface area contributed by atoms with Crippen LogP contribution in [0, 0.1) is 12.7 Å². The molecule has 0 spiro atoms. The van der Waals surface area contributed by atoms with Crippen LogP contribution in [-0.2, 0) is 16.0 Å². The number of halogens is 2. The summed E-state index contributed by atoms with van der Waals surface area (Å²) in [4.78, 5) is 25.7. The lowest BCUT2D eigenvalue weighted by Crippen LogP contribution is -2.30. The van der Waals surface area contributed by atoms with Crippen molar-refractivity contribution in [1.29, 1.82) is 0 Å². The number of nitrogens with one attached hydrogen (secondary N) is 1. The molecule has 4 nitrogen and oxygen atoms in total. The number of esters is 1. The van der Waals surface area contributed by atoms with E-state index in [4.69, 9.17) is 16.3 Å². The van der Waals surface area contributed by atoms with E-state index in [2.05, 4.69) is 5.32 Å². The molecule has 1 aromatic heterocycles. The van der Waals surface area contributed by atoms with Crippen molar-refractivity contribution in [1.82, 2.24) is 0 Å². The molecule has 1 aromatic carbocycles. The Kier molecular flexibility index (Phi) is 5.96. The number of anilines is 1. The second-order valence-corrected chi connectivity index (χ2v) is 6.90. The van der Waals surface area contributed by atoms with Gasteiger partial charge < -0.3 is 10.1 Å². The van der Waals surface area contributed by atoms with Crippen LogP contribution in [0.4, 0.5) is 10.1 Å². The molecule has 1 N–H and O–H groups in total. The van der Waals surface area contributed by atoms with E-state index in [1.54, 1.807) is 6.07 Å². The molecule has 0 saturated heterocycles. The molecule has 7 heteroatoms. The zero-order valence-corrected chi connectivity index (χ0v) is 15.1. The molecule has 0 aliphatic heterocycles. The fraction of sp³-hybridized carbons (Fsp3) is 0.294. The lowest BCUT2D eigenvalue weighted by atomic mass is 10.2. The number of hydrogen-bond acceptors (Lipinski definition) is 4. The van der Waals surface area contributed by atoms with Gasteiger partial charge in [-0.3, -0.25) is 4.79 Å². The van der Waals surface area contributed by atoms with Crippen molar-refractivity contribution in [2.45, 2.75) is 33.3 Å². The molecule has 0 bridgehead atoms. The Balaban J connectivity index is 2.01. The van der Waals surface area contributed by atoms with Crippen LogP contribution in [-0.4, -0.2) is 18.0 Å². The van der Waals surface area contributed by atoms with Crippen LogP contribution >= 0.6 is 22.9 Å². The van der Waals surface area contributed by atoms with E-state index >= 15 is 0 Å². The van der Waals surface area contributed by atoms with Gasteiger partial charge in [-0.1, -0.05) is 18.5 Å². The minimum absolute atomic E-state index is 0.0208. The maximum Gasteiger partial charge on any atom is 0.349 e. The first kappa shape index (κ1) is 18.4. The second kappa shape index (κ2) is 7.77. The smallest absolute Gasteiger partial charge is 0.349 e. The van der Waals surface area contributed by atoms with Crippen molar-refractivity contribution < 1.29 is 18.7 Å². The van der Waals surface area contributed by atoms with Gasteiger partial charge in [-0.25, -0.2) is 9.18 Å². The number of thiophene rings is 1. The molecule has 0 unspecified atom stereocenters. The minimum atomic E-state index is -1.06. The summed E-state index contributed by atoms with van der Waals surface area (Å²) >= 11 is 6.99. The van der Waals surface area contributed by atoms with Gasteiger partial charge in [0.05, 0.1) is 5.69 Å². The fourth-order valence-corrected chi connectivity index (χ4v) is 3.22. The molecule has 0 fully saturated rings. The maximum absolute atomic E-state index is 13.7. The van der Waals surface area contributed by atoms with Gasteiger partial charge in [-0.15, -0.1) is 11.3 Å². The van der Waals surface area contributed by atoms with E-state index in [0.29, 0.717) is 4.88 Å². The van der Waals surface area contributed by atoms with Crippen molar-refractivity contribution in [2.24, 2.45) is 0 Å². The van der Waals surface area contributed by atoms with Gasteiger partial charge >= 0.3 is 5.97 Å². The number of hydrogen-bond donors (Lipinski definition) is 1. The molecule has 128 valence electrons. The van der Waals surface area contributed by atoms with Crippen LogP contribution < -0.4 is 5.32 Å².